The third kappa shape index (κ3) is 5.48. The number of hydrazine groups is 1. The van der Waals surface area contributed by atoms with E-state index in [1.807, 2.05) is 12.3 Å². The monoisotopic (exact) mass is 416 g/mol. The normalized spacial score (nSPS) is 10.2. The van der Waals surface area contributed by atoms with Crippen molar-refractivity contribution in [3.8, 4) is 5.75 Å². The van der Waals surface area contributed by atoms with E-state index < -0.39 is 5.82 Å². The molecule has 2 aromatic carbocycles. The number of halogens is 1. The molecule has 0 radical (unpaired) electrons. The second-order valence-electron chi connectivity index (χ2n) is 5.68. The van der Waals surface area contributed by atoms with Gasteiger partial charge in [0.05, 0.1) is 16.4 Å². The number of aromatic nitrogens is 1. The van der Waals surface area contributed by atoms with Gasteiger partial charge in [0.2, 0.25) is 0 Å². The van der Waals surface area contributed by atoms with Crippen molar-refractivity contribution < 1.29 is 13.9 Å². The highest BCUT2D eigenvalue weighted by Gasteiger charge is 2.08. The van der Waals surface area contributed by atoms with Crippen LogP contribution >= 0.6 is 23.6 Å². The number of para-hydroxylation sites is 1. The number of hydrogen-bond acceptors (Lipinski definition) is 5. The van der Waals surface area contributed by atoms with Crippen molar-refractivity contribution >= 4 is 40.3 Å². The first kappa shape index (κ1) is 19.7. The predicted molar refractivity (Wildman–Crippen MR) is 111 cm³/mol. The smallest absolute Gasteiger partial charge is 0.269 e. The number of anilines is 1. The van der Waals surface area contributed by atoms with Crippen molar-refractivity contribution in [2.24, 2.45) is 0 Å². The minimum Gasteiger partial charge on any atom is -0.487 e. The first-order valence-corrected chi connectivity index (χ1v) is 9.56. The first-order valence-electron chi connectivity index (χ1n) is 8.27. The predicted octanol–water partition coefficient (Wildman–Crippen LogP) is 3.80. The lowest BCUT2D eigenvalue weighted by Crippen LogP contribution is -2.43. The van der Waals surface area contributed by atoms with Crippen LogP contribution in [0.4, 0.5) is 10.1 Å². The highest BCUT2D eigenvalue weighted by atomic mass is 32.1. The van der Waals surface area contributed by atoms with Gasteiger partial charge in [-0.05, 0) is 55.5 Å². The highest BCUT2D eigenvalue weighted by Crippen LogP contribution is 2.15. The molecule has 1 heterocycles. The number of thiazole rings is 1. The van der Waals surface area contributed by atoms with Gasteiger partial charge >= 0.3 is 0 Å². The zero-order chi connectivity index (χ0) is 19.9. The van der Waals surface area contributed by atoms with E-state index in [0.717, 1.165) is 10.7 Å². The molecule has 3 aromatic rings. The van der Waals surface area contributed by atoms with Crippen LogP contribution in [-0.2, 0) is 6.61 Å². The largest absolute Gasteiger partial charge is 0.487 e. The standard InChI is InChI=1S/C19H17FN4O2S2/c1-12-21-14(11-28-12)10-26-15-8-6-13(7-9-15)18(25)23-24-19(27)22-17-5-3-2-4-16(17)20/h2-9,11H,10H2,1H3,(H,23,25)(H2,22,24,27). The Balaban J connectivity index is 1.47. The van der Waals surface area contributed by atoms with Crippen LogP contribution in [0.15, 0.2) is 53.9 Å². The number of rotatable bonds is 5. The van der Waals surface area contributed by atoms with E-state index in [0.29, 0.717) is 17.9 Å². The Kier molecular flexibility index (Phi) is 6.51. The summed E-state index contributed by atoms with van der Waals surface area (Å²) in [5, 5.41) is 5.66. The van der Waals surface area contributed by atoms with Crippen molar-refractivity contribution in [3.05, 3.63) is 76.0 Å². The summed E-state index contributed by atoms with van der Waals surface area (Å²) in [6, 6.07) is 12.8. The molecule has 0 saturated heterocycles. The third-order valence-electron chi connectivity index (χ3n) is 3.58. The van der Waals surface area contributed by atoms with Gasteiger partial charge in [-0.3, -0.25) is 15.6 Å². The number of amides is 1. The lowest BCUT2D eigenvalue weighted by Gasteiger charge is -2.12. The highest BCUT2D eigenvalue weighted by molar-refractivity contribution is 7.80. The SMILES string of the molecule is Cc1nc(COc2ccc(C(=O)NNC(=S)Nc3ccccc3F)cc2)cs1. The van der Waals surface area contributed by atoms with Crippen LogP contribution < -0.4 is 20.9 Å². The zero-order valence-electron chi connectivity index (χ0n) is 14.9. The Morgan fingerprint density at radius 2 is 1.93 bits per heavy atom. The molecule has 0 saturated carbocycles. The number of nitrogens with one attached hydrogen (secondary N) is 3. The molecule has 0 aliphatic rings. The fourth-order valence-electron chi connectivity index (χ4n) is 2.24. The number of carbonyl (C=O) groups excluding carboxylic acids is 1. The van der Waals surface area contributed by atoms with Crippen molar-refractivity contribution in [2.45, 2.75) is 13.5 Å². The van der Waals surface area contributed by atoms with Crippen LogP contribution in [0.3, 0.4) is 0 Å². The molecule has 0 atom stereocenters. The molecule has 9 heteroatoms. The Bertz CT molecular complexity index is 976. The van der Waals surface area contributed by atoms with E-state index in [9.17, 15) is 9.18 Å². The average molecular weight is 417 g/mol. The molecular weight excluding hydrogens is 399 g/mol. The number of thiocarbonyl (C=S) groups is 1. The molecule has 0 unspecified atom stereocenters. The van der Waals surface area contributed by atoms with Crippen molar-refractivity contribution in [2.75, 3.05) is 5.32 Å². The van der Waals surface area contributed by atoms with Crippen molar-refractivity contribution in [3.63, 3.8) is 0 Å². The summed E-state index contributed by atoms with van der Waals surface area (Å²) < 4.78 is 19.2. The molecule has 0 aliphatic carbocycles. The number of ether oxygens (including phenoxy) is 1. The number of hydrogen-bond donors (Lipinski definition) is 3. The van der Waals surface area contributed by atoms with Crippen molar-refractivity contribution in [1.82, 2.24) is 15.8 Å². The summed E-state index contributed by atoms with van der Waals surface area (Å²) in [6.45, 7) is 2.31. The fourth-order valence-corrected chi connectivity index (χ4v) is 2.99. The van der Waals surface area contributed by atoms with E-state index in [2.05, 4.69) is 21.2 Å². The summed E-state index contributed by atoms with van der Waals surface area (Å²) in [4.78, 5) is 16.5. The molecule has 1 aromatic heterocycles. The average Bonchev–Trinajstić information content (AvgIpc) is 3.12. The topological polar surface area (TPSA) is 75.3 Å². The molecule has 144 valence electrons. The number of aryl methyl sites for hydroxylation is 1. The van der Waals surface area contributed by atoms with E-state index >= 15 is 0 Å². The van der Waals surface area contributed by atoms with Gasteiger partial charge in [0.15, 0.2) is 5.11 Å². The van der Waals surface area contributed by atoms with Gasteiger partial charge in [-0.2, -0.15) is 0 Å². The number of carbonyl (C=O) groups is 1. The fraction of sp³-hybridized carbons (Fsp3) is 0.105. The van der Waals surface area contributed by atoms with Crippen LogP contribution in [-0.4, -0.2) is 16.0 Å². The second-order valence-corrected chi connectivity index (χ2v) is 7.15. The Labute approximate surface area is 170 Å². The van der Waals surface area contributed by atoms with Crippen LogP contribution in [0, 0.1) is 12.7 Å². The summed E-state index contributed by atoms with van der Waals surface area (Å²) in [5.41, 5.74) is 6.48. The van der Waals surface area contributed by atoms with Gasteiger partial charge in [0, 0.05) is 10.9 Å². The maximum Gasteiger partial charge on any atom is 0.269 e. The summed E-state index contributed by atoms with van der Waals surface area (Å²) >= 11 is 6.61. The molecule has 3 rings (SSSR count). The van der Waals surface area contributed by atoms with Crippen molar-refractivity contribution in [1.29, 1.82) is 0 Å². The molecule has 0 spiro atoms. The van der Waals surface area contributed by atoms with Crippen LogP contribution in [0.1, 0.15) is 21.1 Å². The molecule has 0 aliphatic heterocycles. The van der Waals surface area contributed by atoms with Gasteiger partial charge in [-0.15, -0.1) is 11.3 Å². The maximum absolute atomic E-state index is 13.6. The Morgan fingerprint density at radius 3 is 2.61 bits per heavy atom. The van der Waals surface area contributed by atoms with E-state index in [4.69, 9.17) is 17.0 Å². The molecule has 0 bridgehead atoms. The zero-order valence-corrected chi connectivity index (χ0v) is 16.5. The van der Waals surface area contributed by atoms with Crippen LogP contribution in [0.5, 0.6) is 5.75 Å². The lowest BCUT2D eigenvalue weighted by atomic mass is 10.2. The number of nitrogens with zero attached hydrogens (tertiary/aromatic N) is 1. The second kappa shape index (κ2) is 9.25. The lowest BCUT2D eigenvalue weighted by molar-refractivity contribution is 0.0944. The summed E-state index contributed by atoms with van der Waals surface area (Å²) in [6.07, 6.45) is 0. The van der Waals surface area contributed by atoms with Crippen LogP contribution in [0.25, 0.3) is 0 Å². The molecule has 3 N–H and O–H groups in total. The number of benzene rings is 2. The van der Waals surface area contributed by atoms with Gasteiger partial charge in [-0.1, -0.05) is 12.1 Å². The molecule has 0 fully saturated rings. The minimum atomic E-state index is -0.443. The van der Waals surface area contributed by atoms with Gasteiger partial charge in [0.1, 0.15) is 18.2 Å². The Morgan fingerprint density at radius 1 is 1.18 bits per heavy atom. The van der Waals surface area contributed by atoms with Crippen LogP contribution in [0.2, 0.25) is 0 Å². The third-order valence-corrected chi connectivity index (χ3v) is 4.61. The molecule has 28 heavy (non-hydrogen) atoms. The summed E-state index contributed by atoms with van der Waals surface area (Å²) in [7, 11) is 0. The summed E-state index contributed by atoms with van der Waals surface area (Å²) in [5.74, 6) is -0.201. The van der Waals surface area contributed by atoms with E-state index in [1.54, 1.807) is 47.7 Å². The molecule has 1 amide bonds. The quantitative estimate of drug-likeness (QED) is 0.434. The maximum atomic E-state index is 13.6. The van der Waals surface area contributed by atoms with Gasteiger partial charge in [0.25, 0.3) is 5.91 Å². The van der Waals surface area contributed by atoms with Gasteiger partial charge < -0.3 is 10.1 Å². The Hall–Kier alpha value is -3.04. The molecular formula is C19H17FN4O2S2. The van der Waals surface area contributed by atoms with E-state index in [1.165, 1.54) is 12.1 Å². The van der Waals surface area contributed by atoms with Gasteiger partial charge in [-0.25, -0.2) is 9.37 Å². The minimum absolute atomic E-state index is 0.0666. The van der Waals surface area contributed by atoms with E-state index in [-0.39, 0.29) is 16.7 Å². The first-order chi connectivity index (χ1) is 13.5. The molecule has 6 nitrogen and oxygen atoms in total.